The zero-order valence-electron chi connectivity index (χ0n) is 40.9. The van der Waals surface area contributed by atoms with Crippen molar-refractivity contribution < 1.29 is 0 Å². The van der Waals surface area contributed by atoms with Crippen molar-refractivity contribution in [3.05, 3.63) is 96.4 Å². The number of hydrogen-bond acceptors (Lipinski definition) is 6. The Hall–Kier alpha value is -4.68. The normalized spacial score (nSPS) is 17.6. The van der Waals surface area contributed by atoms with Crippen molar-refractivity contribution in [1.29, 1.82) is 0 Å². The van der Waals surface area contributed by atoms with Crippen molar-refractivity contribution in [3.8, 4) is 35.2 Å². The predicted octanol–water partition coefficient (Wildman–Crippen LogP) is 13.2. The SMILES string of the molecule is C#C.C=C(CC(C)CC)N1CCCC1c1ncc(-c2ccc3c(c2)CCc2cc4c(ccc5[nH]c(C6CC[C@H](C)N6C)nc54)cc2-3)[nH]1.C=CCCC.CC.CC.CCN.CNC. The van der Waals surface area contributed by atoms with E-state index in [0.29, 0.717) is 24.0 Å². The number of hydrogen-bond donors (Lipinski definition) is 4. The zero-order valence-corrected chi connectivity index (χ0v) is 40.9. The first-order valence-electron chi connectivity index (χ1n) is 23.6. The predicted molar refractivity (Wildman–Crippen MR) is 273 cm³/mol. The van der Waals surface area contributed by atoms with E-state index in [1.807, 2.05) is 61.0 Å². The molecule has 5 aromatic rings. The van der Waals surface area contributed by atoms with E-state index in [1.54, 1.807) is 0 Å². The van der Waals surface area contributed by atoms with Gasteiger partial charge in [0.15, 0.2) is 0 Å². The van der Waals surface area contributed by atoms with Crippen LogP contribution in [0.25, 0.3) is 44.2 Å². The average molecular weight is 845 g/mol. The summed E-state index contributed by atoms with van der Waals surface area (Å²) in [6, 6.07) is 17.5. The summed E-state index contributed by atoms with van der Waals surface area (Å²) in [5.74, 6) is 2.85. The van der Waals surface area contributed by atoms with E-state index in [9.17, 15) is 0 Å². The highest BCUT2D eigenvalue weighted by Crippen LogP contribution is 2.41. The highest BCUT2D eigenvalue weighted by atomic mass is 15.2. The lowest BCUT2D eigenvalue weighted by Crippen LogP contribution is -2.25. The number of unbranched alkanes of at least 4 members (excludes halogenated alkanes) is 1. The summed E-state index contributed by atoms with van der Waals surface area (Å²) >= 11 is 0. The number of nitrogens with two attached hydrogens (primary N) is 1. The largest absolute Gasteiger partial charge is 0.365 e. The van der Waals surface area contributed by atoms with Crippen molar-refractivity contribution >= 4 is 21.8 Å². The van der Waals surface area contributed by atoms with Gasteiger partial charge in [-0.25, -0.2) is 9.97 Å². The second-order valence-corrected chi connectivity index (χ2v) is 16.1. The molecule has 8 rings (SSSR count). The number of benzene rings is 3. The molecule has 8 heteroatoms. The summed E-state index contributed by atoms with van der Waals surface area (Å²) in [6.45, 7) is 28.8. The minimum absolute atomic E-state index is 0.299. The Morgan fingerprint density at radius 1 is 0.935 bits per heavy atom. The molecule has 0 saturated carbocycles. The quantitative estimate of drug-likeness (QED) is 0.0871. The fourth-order valence-electron chi connectivity index (χ4n) is 8.42. The molecule has 62 heavy (non-hydrogen) atoms. The number of nitrogens with one attached hydrogen (secondary N) is 3. The Morgan fingerprint density at radius 2 is 1.60 bits per heavy atom. The standard InChI is InChI=1S/C39H46N6.C5H10.2C2H7N.2C2H6.C2H2/c1-6-23(2)18-25(4)45-17-7-8-36(45)38-40-22-34(42-38)29-12-14-30-26(19-29)10-11-27-21-32-28(20-31(27)30)13-15-33-37(32)43-39(41-33)35-16-9-24(3)44(35)5;1-3-5-4-2;1-3-2;1-2-3;3*1-2/h12-15,19-24,35-36H,4,6-11,16-18H2,1-3,5H3,(H,40,42)(H,41,43);3H,1,4-5H2,2H3;3H,1-2H3;2-3H2,1H3;2*1-2H3;1-2H/t23?,24-,35?,36?;;;;;;/m0....../s1. The third-order valence-electron chi connectivity index (χ3n) is 11.8. The maximum atomic E-state index is 5.19. The fraction of sp³-hybridized carbons (Fsp3) is 0.519. The molecule has 2 aromatic heterocycles. The van der Waals surface area contributed by atoms with Crippen LogP contribution >= 0.6 is 0 Å². The maximum absolute atomic E-state index is 5.19. The number of aromatic amines is 2. The maximum Gasteiger partial charge on any atom is 0.129 e. The number of aromatic nitrogens is 4. The van der Waals surface area contributed by atoms with Crippen molar-refractivity contribution in [3.63, 3.8) is 0 Å². The number of aryl methyl sites for hydroxylation is 2. The van der Waals surface area contributed by atoms with Crippen molar-refractivity contribution in [2.45, 2.75) is 145 Å². The van der Waals surface area contributed by atoms with Crippen LogP contribution in [0.3, 0.4) is 0 Å². The molecule has 3 aliphatic rings. The van der Waals surface area contributed by atoms with Crippen molar-refractivity contribution in [2.75, 3.05) is 34.2 Å². The van der Waals surface area contributed by atoms with E-state index in [2.05, 4.69) is 128 Å². The summed E-state index contributed by atoms with van der Waals surface area (Å²) in [5.41, 5.74) is 16.2. The van der Waals surface area contributed by atoms with Gasteiger partial charge in [0.2, 0.25) is 0 Å². The van der Waals surface area contributed by atoms with E-state index in [1.165, 1.54) is 70.0 Å². The summed E-state index contributed by atoms with van der Waals surface area (Å²) in [4.78, 5) is 22.4. The Morgan fingerprint density at radius 3 is 2.18 bits per heavy atom. The lowest BCUT2D eigenvalue weighted by molar-refractivity contribution is 0.249. The van der Waals surface area contributed by atoms with E-state index < -0.39 is 0 Å². The molecule has 0 bridgehead atoms. The smallest absolute Gasteiger partial charge is 0.129 e. The van der Waals surface area contributed by atoms with E-state index in [4.69, 9.17) is 15.7 Å². The van der Waals surface area contributed by atoms with Gasteiger partial charge in [-0.15, -0.1) is 19.4 Å². The molecule has 2 saturated heterocycles. The number of nitrogens with zero attached hydrogens (tertiary/aromatic N) is 4. The summed E-state index contributed by atoms with van der Waals surface area (Å²) < 4.78 is 0. The van der Waals surface area contributed by atoms with Crippen LogP contribution < -0.4 is 11.1 Å². The van der Waals surface area contributed by atoms with Gasteiger partial charge < -0.3 is 25.9 Å². The van der Waals surface area contributed by atoms with Crippen LogP contribution in [0.15, 0.2) is 73.6 Å². The third-order valence-corrected chi connectivity index (χ3v) is 11.8. The van der Waals surface area contributed by atoms with Crippen LogP contribution in [0.5, 0.6) is 0 Å². The van der Waals surface area contributed by atoms with Gasteiger partial charge in [0.1, 0.15) is 11.6 Å². The Balaban J connectivity index is 0.000000682. The second kappa shape index (κ2) is 28.1. The zero-order chi connectivity index (χ0) is 46.4. The van der Waals surface area contributed by atoms with Crippen LogP contribution in [0, 0.1) is 18.8 Å². The molecule has 2 aliphatic heterocycles. The number of likely N-dealkylation sites (tertiary alicyclic amines) is 2. The molecule has 3 aromatic carbocycles. The highest BCUT2D eigenvalue weighted by Gasteiger charge is 2.32. The molecule has 4 atom stereocenters. The summed E-state index contributed by atoms with van der Waals surface area (Å²) in [5, 5.41) is 5.28. The van der Waals surface area contributed by atoms with E-state index in [0.717, 1.165) is 80.0 Å². The first-order valence-corrected chi connectivity index (χ1v) is 23.6. The molecular formula is C54H84N8. The topological polar surface area (TPSA) is 102 Å². The summed E-state index contributed by atoms with van der Waals surface area (Å²) in [6.07, 6.45) is 23.4. The number of H-pyrrole nitrogens is 2. The van der Waals surface area contributed by atoms with Gasteiger partial charge >= 0.3 is 0 Å². The molecule has 0 radical (unpaired) electrons. The van der Waals surface area contributed by atoms with Gasteiger partial charge in [0.05, 0.1) is 35.0 Å². The highest BCUT2D eigenvalue weighted by molar-refractivity contribution is 6.06. The van der Waals surface area contributed by atoms with Gasteiger partial charge in [-0.3, -0.25) is 4.90 Å². The molecule has 3 unspecified atom stereocenters. The number of rotatable bonds is 9. The van der Waals surface area contributed by atoms with Gasteiger partial charge in [0.25, 0.3) is 0 Å². The molecule has 1 aliphatic carbocycles. The number of terminal acetylenes is 1. The number of allylic oxidation sites excluding steroid dienone is 2. The monoisotopic (exact) mass is 845 g/mol. The van der Waals surface area contributed by atoms with Crippen LogP contribution in [-0.4, -0.2) is 70.0 Å². The minimum Gasteiger partial charge on any atom is -0.365 e. The second-order valence-electron chi connectivity index (χ2n) is 16.1. The van der Waals surface area contributed by atoms with Crippen LogP contribution in [0.2, 0.25) is 0 Å². The molecule has 2 fully saturated rings. The van der Waals surface area contributed by atoms with Gasteiger partial charge in [0, 0.05) is 23.7 Å². The minimum atomic E-state index is 0.299. The van der Waals surface area contributed by atoms with Crippen LogP contribution in [0.4, 0.5) is 0 Å². The van der Waals surface area contributed by atoms with Gasteiger partial charge in [-0.2, -0.15) is 0 Å². The van der Waals surface area contributed by atoms with E-state index >= 15 is 0 Å². The van der Waals surface area contributed by atoms with Crippen LogP contribution in [-0.2, 0) is 12.8 Å². The number of imidazole rings is 2. The van der Waals surface area contributed by atoms with Gasteiger partial charge in [-0.1, -0.05) is 99.1 Å². The molecule has 8 nitrogen and oxygen atoms in total. The Kier molecular flexibility index (Phi) is 24.2. The molecule has 340 valence electrons. The Labute approximate surface area is 377 Å². The fourth-order valence-corrected chi connectivity index (χ4v) is 8.42. The number of fused-ring (bicyclic) bond motifs is 6. The molecular weight excluding hydrogens is 761 g/mol. The first-order chi connectivity index (χ1) is 30.1. The van der Waals surface area contributed by atoms with Gasteiger partial charge in [-0.05, 0) is 149 Å². The van der Waals surface area contributed by atoms with E-state index in [-0.39, 0.29) is 0 Å². The first kappa shape index (κ1) is 53.5. The summed E-state index contributed by atoms with van der Waals surface area (Å²) in [7, 11) is 5.98. The molecule has 0 amide bonds. The van der Waals surface area contributed by atoms with Crippen LogP contribution in [0.1, 0.15) is 149 Å². The average Bonchev–Trinajstić information content (AvgIpc) is 4.13. The molecule has 5 N–H and O–H groups in total. The van der Waals surface area contributed by atoms with Crippen molar-refractivity contribution in [2.24, 2.45) is 11.7 Å². The molecule has 4 heterocycles. The Bertz CT molecular complexity index is 2080. The third kappa shape index (κ3) is 13.4. The lowest BCUT2D eigenvalue weighted by Gasteiger charge is -2.28. The molecule has 0 spiro atoms. The lowest BCUT2D eigenvalue weighted by atomic mass is 9.83. The van der Waals surface area contributed by atoms with Crippen molar-refractivity contribution in [1.82, 2.24) is 35.1 Å².